The fourth-order valence-electron chi connectivity index (χ4n) is 3.74. The van der Waals surface area contributed by atoms with Crippen molar-refractivity contribution in [2.45, 2.75) is 38.1 Å². The summed E-state index contributed by atoms with van der Waals surface area (Å²) in [5.74, 6) is 2.24. The van der Waals surface area contributed by atoms with Gasteiger partial charge in [0.05, 0.1) is 0 Å². The summed E-state index contributed by atoms with van der Waals surface area (Å²) in [6.07, 6.45) is 3.98. The number of carbonyl (C=O) groups is 1. The average molecular weight is 387 g/mol. The van der Waals surface area contributed by atoms with E-state index in [1.807, 2.05) is 42.5 Å². The minimum absolute atomic E-state index is 0.253. The van der Waals surface area contributed by atoms with Gasteiger partial charge >= 0.3 is 0 Å². The van der Waals surface area contributed by atoms with Crippen molar-refractivity contribution < 1.29 is 9.21 Å². The molecule has 0 saturated heterocycles. The lowest BCUT2D eigenvalue weighted by atomic mass is 10.1. The van der Waals surface area contributed by atoms with Gasteiger partial charge in [-0.1, -0.05) is 30.3 Å². The number of anilines is 1. The van der Waals surface area contributed by atoms with Crippen molar-refractivity contribution in [2.75, 3.05) is 11.9 Å². The van der Waals surface area contributed by atoms with Crippen molar-refractivity contribution in [3.05, 3.63) is 71.6 Å². The van der Waals surface area contributed by atoms with Gasteiger partial charge in [-0.05, 0) is 68.5 Å². The molecule has 5 rings (SSSR count). The number of hydrogen-bond donors (Lipinski definition) is 2. The molecule has 1 amide bonds. The summed E-state index contributed by atoms with van der Waals surface area (Å²) in [5, 5.41) is 6.60. The molecule has 2 fully saturated rings. The highest BCUT2D eigenvalue weighted by Crippen LogP contribution is 2.42. The summed E-state index contributed by atoms with van der Waals surface area (Å²) < 4.78 is 5.70. The summed E-state index contributed by atoms with van der Waals surface area (Å²) in [7, 11) is 0. The maximum Gasteiger partial charge on any atom is 0.277 e. The van der Waals surface area contributed by atoms with Gasteiger partial charge < -0.3 is 15.1 Å². The average Bonchev–Trinajstić information content (AvgIpc) is 3.66. The Morgan fingerprint density at radius 1 is 1.10 bits per heavy atom. The minimum atomic E-state index is -0.253. The maximum absolute atomic E-state index is 12.7. The van der Waals surface area contributed by atoms with Crippen LogP contribution in [0.3, 0.4) is 0 Å². The first-order valence-electron chi connectivity index (χ1n) is 10.3. The predicted molar refractivity (Wildman–Crippen MR) is 113 cm³/mol. The Hall–Kier alpha value is -2.92. The van der Waals surface area contributed by atoms with E-state index in [1.165, 1.54) is 24.8 Å². The number of amides is 1. The second kappa shape index (κ2) is 7.48. The van der Waals surface area contributed by atoms with E-state index in [4.69, 9.17) is 4.42 Å². The van der Waals surface area contributed by atoms with Crippen LogP contribution in [-0.4, -0.2) is 23.5 Å². The Labute approximate surface area is 170 Å². The summed E-state index contributed by atoms with van der Waals surface area (Å²) in [5.41, 5.74) is 3.28. The van der Waals surface area contributed by atoms with Crippen LogP contribution < -0.4 is 10.6 Å². The number of aromatic nitrogens is 1. The van der Waals surface area contributed by atoms with Crippen LogP contribution in [0.25, 0.3) is 11.5 Å². The summed E-state index contributed by atoms with van der Waals surface area (Å²) >= 11 is 0. The predicted octanol–water partition coefficient (Wildman–Crippen LogP) is 4.76. The van der Waals surface area contributed by atoms with E-state index >= 15 is 0 Å². The molecule has 2 aliphatic carbocycles. The highest BCUT2D eigenvalue weighted by atomic mass is 16.4. The lowest BCUT2D eigenvalue weighted by molar-refractivity contribution is 0.102. The van der Waals surface area contributed by atoms with Crippen molar-refractivity contribution in [1.82, 2.24) is 10.3 Å². The molecule has 5 nitrogen and oxygen atoms in total. The van der Waals surface area contributed by atoms with Gasteiger partial charge in [-0.25, -0.2) is 4.98 Å². The van der Waals surface area contributed by atoms with E-state index in [0.717, 1.165) is 23.7 Å². The number of benzene rings is 2. The van der Waals surface area contributed by atoms with Crippen LogP contribution in [0.1, 0.15) is 47.0 Å². The normalized spacial score (nSPS) is 20.4. The zero-order chi connectivity index (χ0) is 19.8. The Bertz CT molecular complexity index is 1010. The van der Waals surface area contributed by atoms with Gasteiger partial charge in [0.1, 0.15) is 5.76 Å². The van der Waals surface area contributed by atoms with Crippen LogP contribution in [0.4, 0.5) is 5.69 Å². The quantitative estimate of drug-likeness (QED) is 0.613. The van der Waals surface area contributed by atoms with Crippen molar-refractivity contribution in [3.8, 4) is 11.5 Å². The number of aryl methyl sites for hydroxylation is 1. The van der Waals surface area contributed by atoms with Crippen LogP contribution in [-0.2, 0) is 0 Å². The van der Waals surface area contributed by atoms with Gasteiger partial charge in [0.2, 0.25) is 5.89 Å². The minimum Gasteiger partial charge on any atom is -0.441 e. The Morgan fingerprint density at radius 2 is 1.86 bits per heavy atom. The Morgan fingerprint density at radius 3 is 2.59 bits per heavy atom. The molecule has 148 valence electrons. The van der Waals surface area contributed by atoms with Crippen LogP contribution in [0.5, 0.6) is 0 Å². The van der Waals surface area contributed by atoms with Crippen LogP contribution in [0.2, 0.25) is 0 Å². The molecule has 29 heavy (non-hydrogen) atoms. The molecule has 0 bridgehead atoms. The van der Waals surface area contributed by atoms with E-state index < -0.39 is 0 Å². The lowest BCUT2D eigenvalue weighted by Gasteiger charge is -2.06. The molecule has 2 atom stereocenters. The molecule has 5 heteroatoms. The smallest absolute Gasteiger partial charge is 0.277 e. The number of rotatable bonds is 7. The number of nitrogens with one attached hydrogen (secondary N) is 2. The Balaban J connectivity index is 1.21. The molecule has 2 aliphatic rings. The van der Waals surface area contributed by atoms with E-state index in [-0.39, 0.29) is 5.91 Å². The standard InChI is InChI=1S/C24H25N3O2/c1-15-22(27-24(29-15)18-5-3-2-4-6-18)23(28)26-19-11-9-17(10-12-19)20-13-21(20)25-14-16-7-8-16/h2-6,9-12,16,20-21,25H,7-8,13-14H2,1H3,(H,26,28)/t20-,21+/m0/s1. The molecular weight excluding hydrogens is 362 g/mol. The highest BCUT2D eigenvalue weighted by molar-refractivity contribution is 6.03. The van der Waals surface area contributed by atoms with Crippen LogP contribution in [0.15, 0.2) is 59.0 Å². The maximum atomic E-state index is 12.7. The van der Waals surface area contributed by atoms with Gasteiger partial charge in [0.25, 0.3) is 5.91 Å². The van der Waals surface area contributed by atoms with Gasteiger partial charge in [0.15, 0.2) is 5.69 Å². The second-order valence-electron chi connectivity index (χ2n) is 8.17. The van der Waals surface area contributed by atoms with E-state index in [2.05, 4.69) is 27.8 Å². The lowest BCUT2D eigenvalue weighted by Crippen LogP contribution is -2.20. The third-order valence-corrected chi connectivity index (χ3v) is 5.79. The van der Waals surface area contributed by atoms with Crippen molar-refractivity contribution in [3.63, 3.8) is 0 Å². The molecule has 2 aromatic carbocycles. The third kappa shape index (κ3) is 4.10. The van der Waals surface area contributed by atoms with E-state index in [9.17, 15) is 4.79 Å². The SMILES string of the molecule is Cc1oc(-c2ccccc2)nc1C(=O)Nc1ccc([C@@H]2C[C@H]2NCC2CC2)cc1. The molecule has 2 saturated carbocycles. The number of carbonyl (C=O) groups excluding carboxylic acids is 1. The van der Waals surface area contributed by atoms with Crippen LogP contribution in [0, 0.1) is 12.8 Å². The number of hydrogen-bond acceptors (Lipinski definition) is 4. The van der Waals surface area contributed by atoms with E-state index in [0.29, 0.717) is 29.3 Å². The topological polar surface area (TPSA) is 67.2 Å². The van der Waals surface area contributed by atoms with Gasteiger partial charge in [0, 0.05) is 23.2 Å². The summed E-state index contributed by atoms with van der Waals surface area (Å²) in [4.78, 5) is 17.1. The number of nitrogens with zero attached hydrogens (tertiary/aromatic N) is 1. The zero-order valence-electron chi connectivity index (χ0n) is 16.5. The zero-order valence-corrected chi connectivity index (χ0v) is 16.5. The largest absolute Gasteiger partial charge is 0.441 e. The molecule has 0 radical (unpaired) electrons. The molecular formula is C24H25N3O2. The van der Waals surface area contributed by atoms with Gasteiger partial charge in [-0.3, -0.25) is 4.79 Å². The molecule has 1 heterocycles. The number of oxazole rings is 1. The van der Waals surface area contributed by atoms with Crippen molar-refractivity contribution in [1.29, 1.82) is 0 Å². The molecule has 1 aromatic heterocycles. The highest BCUT2D eigenvalue weighted by Gasteiger charge is 2.38. The fraction of sp³-hybridized carbons (Fsp3) is 0.333. The summed E-state index contributed by atoms with van der Waals surface area (Å²) in [6, 6.07) is 18.4. The monoisotopic (exact) mass is 387 g/mol. The summed E-state index contributed by atoms with van der Waals surface area (Å²) in [6.45, 7) is 2.93. The second-order valence-corrected chi connectivity index (χ2v) is 8.17. The molecule has 0 spiro atoms. The molecule has 0 unspecified atom stereocenters. The molecule has 0 aliphatic heterocycles. The van der Waals surface area contributed by atoms with Crippen molar-refractivity contribution in [2.24, 2.45) is 5.92 Å². The third-order valence-electron chi connectivity index (χ3n) is 5.79. The fourth-order valence-corrected chi connectivity index (χ4v) is 3.74. The molecule has 2 N–H and O–H groups in total. The van der Waals surface area contributed by atoms with Crippen molar-refractivity contribution >= 4 is 11.6 Å². The van der Waals surface area contributed by atoms with Gasteiger partial charge in [-0.2, -0.15) is 0 Å². The Kier molecular flexibility index (Phi) is 4.68. The first-order valence-corrected chi connectivity index (χ1v) is 10.3. The molecule has 3 aromatic rings. The van der Waals surface area contributed by atoms with Crippen LogP contribution >= 0.6 is 0 Å². The first kappa shape index (κ1) is 18.1. The van der Waals surface area contributed by atoms with E-state index in [1.54, 1.807) is 6.92 Å². The first-order chi connectivity index (χ1) is 14.2. The van der Waals surface area contributed by atoms with Gasteiger partial charge in [-0.15, -0.1) is 0 Å².